The van der Waals surface area contributed by atoms with Gasteiger partial charge in [0.1, 0.15) is 0 Å². The zero-order chi connectivity index (χ0) is 12.8. The van der Waals surface area contributed by atoms with E-state index in [0.29, 0.717) is 5.92 Å². The second-order valence-electron chi connectivity index (χ2n) is 4.53. The van der Waals surface area contributed by atoms with Gasteiger partial charge in [0.15, 0.2) is 0 Å². The number of carbonyl (C=O) groups excluding carboxylic acids is 1. The number of nitrogens with one attached hydrogen (secondary N) is 1. The summed E-state index contributed by atoms with van der Waals surface area (Å²) in [5.74, 6) is 0.360. The summed E-state index contributed by atoms with van der Waals surface area (Å²) in [6.07, 6.45) is 0.896. The van der Waals surface area contributed by atoms with Crippen molar-refractivity contribution in [3.05, 3.63) is 35.9 Å². The molecule has 0 saturated heterocycles. The predicted octanol–water partition coefficient (Wildman–Crippen LogP) is 3.67. The molecule has 0 radical (unpaired) electrons. The molecule has 0 aliphatic rings. The maximum absolute atomic E-state index is 12.0. The van der Waals surface area contributed by atoms with Crippen molar-refractivity contribution in [3.8, 4) is 0 Å². The van der Waals surface area contributed by atoms with E-state index < -0.39 is 0 Å². The van der Waals surface area contributed by atoms with Crippen LogP contribution in [0.5, 0.6) is 0 Å². The van der Waals surface area contributed by atoms with Crippen LogP contribution in [0.25, 0.3) is 0 Å². The molecular formula is C14H20BrNO. The van der Waals surface area contributed by atoms with Crippen molar-refractivity contribution < 1.29 is 4.79 Å². The molecule has 17 heavy (non-hydrogen) atoms. The first-order chi connectivity index (χ1) is 8.06. The van der Waals surface area contributed by atoms with Crippen molar-refractivity contribution in [1.82, 2.24) is 5.32 Å². The number of hydrogen-bond acceptors (Lipinski definition) is 1. The summed E-state index contributed by atoms with van der Waals surface area (Å²) < 4.78 is 0. The lowest BCUT2D eigenvalue weighted by atomic mass is 10.0. The molecule has 0 heterocycles. The Morgan fingerprint density at radius 2 is 1.88 bits per heavy atom. The number of rotatable bonds is 5. The molecule has 1 rings (SSSR count). The first-order valence-corrected chi connectivity index (χ1v) is 6.97. The van der Waals surface area contributed by atoms with E-state index in [1.165, 1.54) is 0 Å². The minimum Gasteiger partial charge on any atom is -0.348 e. The lowest BCUT2D eigenvalue weighted by molar-refractivity contribution is -0.121. The predicted molar refractivity (Wildman–Crippen MR) is 75.2 cm³/mol. The maximum Gasteiger partial charge on any atom is 0.234 e. The topological polar surface area (TPSA) is 29.1 Å². The van der Waals surface area contributed by atoms with Gasteiger partial charge in [-0.15, -0.1) is 0 Å². The number of alkyl halides is 1. The van der Waals surface area contributed by atoms with Crippen LogP contribution in [0.4, 0.5) is 0 Å². The summed E-state index contributed by atoms with van der Waals surface area (Å²) in [5.41, 5.74) is 1.16. The first-order valence-electron chi connectivity index (χ1n) is 6.05. The Morgan fingerprint density at radius 3 is 2.35 bits per heavy atom. The molecule has 2 atom stereocenters. The van der Waals surface area contributed by atoms with Gasteiger partial charge in [0.2, 0.25) is 5.91 Å². The van der Waals surface area contributed by atoms with E-state index in [1.807, 2.05) is 44.2 Å². The van der Waals surface area contributed by atoms with Crippen molar-refractivity contribution in [2.45, 2.75) is 38.1 Å². The SMILES string of the molecule is CC[C@H](NC(=O)[C@H](Br)C(C)C)c1ccccc1. The minimum absolute atomic E-state index is 0.0655. The molecule has 1 aromatic rings. The number of amides is 1. The van der Waals surface area contributed by atoms with Gasteiger partial charge in [-0.2, -0.15) is 0 Å². The molecular weight excluding hydrogens is 278 g/mol. The number of halogens is 1. The van der Waals surface area contributed by atoms with E-state index in [1.54, 1.807) is 0 Å². The summed E-state index contributed by atoms with van der Waals surface area (Å²) in [6, 6.07) is 10.2. The highest BCUT2D eigenvalue weighted by molar-refractivity contribution is 9.10. The monoisotopic (exact) mass is 297 g/mol. The molecule has 1 aromatic carbocycles. The highest BCUT2D eigenvalue weighted by atomic mass is 79.9. The fourth-order valence-corrected chi connectivity index (χ4v) is 1.79. The number of hydrogen-bond donors (Lipinski definition) is 1. The Hall–Kier alpha value is -0.830. The number of benzene rings is 1. The van der Waals surface area contributed by atoms with Crippen molar-refractivity contribution in [3.63, 3.8) is 0 Å². The van der Waals surface area contributed by atoms with Crippen molar-refractivity contribution in [1.29, 1.82) is 0 Å². The quantitative estimate of drug-likeness (QED) is 0.826. The van der Waals surface area contributed by atoms with Gasteiger partial charge < -0.3 is 5.32 Å². The highest BCUT2D eigenvalue weighted by Gasteiger charge is 2.21. The summed E-state index contributed by atoms with van der Waals surface area (Å²) in [5, 5.41) is 3.08. The average molecular weight is 298 g/mol. The van der Waals surface area contributed by atoms with Gasteiger partial charge in [0.05, 0.1) is 10.9 Å². The molecule has 0 aliphatic heterocycles. The van der Waals surface area contributed by atoms with E-state index >= 15 is 0 Å². The van der Waals surface area contributed by atoms with Gasteiger partial charge in [-0.3, -0.25) is 4.79 Å². The van der Waals surface area contributed by atoms with Crippen molar-refractivity contribution in [2.75, 3.05) is 0 Å². The fraction of sp³-hybridized carbons (Fsp3) is 0.500. The van der Waals surface area contributed by atoms with Gasteiger partial charge in [-0.25, -0.2) is 0 Å². The van der Waals surface area contributed by atoms with E-state index in [-0.39, 0.29) is 16.8 Å². The highest BCUT2D eigenvalue weighted by Crippen LogP contribution is 2.18. The third-order valence-electron chi connectivity index (χ3n) is 2.76. The van der Waals surface area contributed by atoms with Gasteiger partial charge in [-0.05, 0) is 17.9 Å². The molecule has 94 valence electrons. The fourth-order valence-electron chi connectivity index (χ4n) is 1.66. The molecule has 1 N–H and O–H groups in total. The average Bonchev–Trinajstić information content (AvgIpc) is 2.35. The van der Waals surface area contributed by atoms with Gasteiger partial charge >= 0.3 is 0 Å². The van der Waals surface area contributed by atoms with Crippen LogP contribution < -0.4 is 5.32 Å². The molecule has 0 bridgehead atoms. The van der Waals surface area contributed by atoms with Gasteiger partial charge in [-0.1, -0.05) is 67.0 Å². The Kier molecular flexibility index (Phi) is 5.69. The van der Waals surface area contributed by atoms with Crippen LogP contribution >= 0.6 is 15.9 Å². The first kappa shape index (κ1) is 14.2. The van der Waals surface area contributed by atoms with Crippen molar-refractivity contribution >= 4 is 21.8 Å². The Morgan fingerprint density at radius 1 is 1.29 bits per heavy atom. The lowest BCUT2D eigenvalue weighted by Gasteiger charge is -2.21. The van der Waals surface area contributed by atoms with Gasteiger partial charge in [0.25, 0.3) is 0 Å². The van der Waals surface area contributed by atoms with E-state index in [2.05, 4.69) is 28.2 Å². The lowest BCUT2D eigenvalue weighted by Crippen LogP contribution is -2.36. The van der Waals surface area contributed by atoms with Crippen LogP contribution in [0, 0.1) is 5.92 Å². The molecule has 0 fully saturated rings. The van der Waals surface area contributed by atoms with E-state index in [4.69, 9.17) is 0 Å². The number of carbonyl (C=O) groups is 1. The summed E-state index contributed by atoms with van der Waals surface area (Å²) in [7, 11) is 0. The molecule has 0 aromatic heterocycles. The van der Waals surface area contributed by atoms with E-state index in [9.17, 15) is 4.79 Å². The Balaban J connectivity index is 2.68. The summed E-state index contributed by atoms with van der Waals surface area (Å²) in [4.78, 5) is 11.8. The summed E-state index contributed by atoms with van der Waals surface area (Å²) >= 11 is 3.43. The second-order valence-corrected chi connectivity index (χ2v) is 5.51. The zero-order valence-electron chi connectivity index (χ0n) is 10.6. The molecule has 1 amide bonds. The molecule has 0 aliphatic carbocycles. The maximum atomic E-state index is 12.0. The second kappa shape index (κ2) is 6.80. The van der Waals surface area contributed by atoms with Crippen LogP contribution in [-0.2, 0) is 4.79 Å². The van der Waals surface area contributed by atoms with Gasteiger partial charge in [0, 0.05) is 0 Å². The largest absolute Gasteiger partial charge is 0.348 e. The van der Waals surface area contributed by atoms with E-state index in [0.717, 1.165) is 12.0 Å². The molecule has 2 nitrogen and oxygen atoms in total. The summed E-state index contributed by atoms with van der Waals surface area (Å²) in [6.45, 7) is 6.14. The Bertz CT molecular complexity index is 350. The molecule has 3 heteroatoms. The van der Waals surface area contributed by atoms with Crippen LogP contribution in [0.1, 0.15) is 38.8 Å². The molecule has 0 spiro atoms. The third-order valence-corrected chi connectivity index (χ3v) is 4.24. The zero-order valence-corrected chi connectivity index (χ0v) is 12.2. The van der Waals surface area contributed by atoms with Crippen LogP contribution in [0.3, 0.4) is 0 Å². The Labute approximate surface area is 112 Å². The molecule has 0 unspecified atom stereocenters. The van der Waals surface area contributed by atoms with Crippen LogP contribution in [-0.4, -0.2) is 10.7 Å². The normalized spacial score (nSPS) is 14.4. The minimum atomic E-state index is -0.125. The third kappa shape index (κ3) is 4.15. The molecule has 0 saturated carbocycles. The van der Waals surface area contributed by atoms with Crippen LogP contribution in [0.15, 0.2) is 30.3 Å². The smallest absolute Gasteiger partial charge is 0.234 e. The standard InChI is InChI=1S/C14H20BrNO/c1-4-12(11-8-6-5-7-9-11)16-14(17)13(15)10(2)3/h5-10,12-13H,4H2,1-3H3,(H,16,17)/t12-,13+/m0/s1. The van der Waals surface area contributed by atoms with Crippen LogP contribution in [0.2, 0.25) is 0 Å². The van der Waals surface area contributed by atoms with Crippen molar-refractivity contribution in [2.24, 2.45) is 5.92 Å².